The molecule has 6 heteroatoms. The minimum Gasteiger partial charge on any atom is -0.453 e. The Kier molecular flexibility index (Phi) is 6.52. The Labute approximate surface area is 144 Å². The number of nitriles is 1. The third-order valence-electron chi connectivity index (χ3n) is 3.32. The number of thiophene rings is 1. The van der Waals surface area contributed by atoms with Crippen molar-refractivity contribution in [2.24, 2.45) is 0 Å². The van der Waals surface area contributed by atoms with Gasteiger partial charge in [-0.1, -0.05) is 12.1 Å². The van der Waals surface area contributed by atoms with Gasteiger partial charge in [0, 0.05) is 17.0 Å². The number of benzene rings is 1. The molecule has 0 radical (unpaired) electrons. The minimum atomic E-state index is -0.884. The number of amides is 1. The van der Waals surface area contributed by atoms with Crippen molar-refractivity contribution < 1.29 is 14.3 Å². The molecule has 0 spiro atoms. The van der Waals surface area contributed by atoms with Crippen LogP contribution in [0.2, 0.25) is 0 Å². The van der Waals surface area contributed by atoms with Crippen LogP contribution in [0.4, 0.5) is 5.69 Å². The lowest BCUT2D eigenvalue weighted by Crippen LogP contribution is -2.29. The zero-order chi connectivity index (χ0) is 17.4. The van der Waals surface area contributed by atoms with Gasteiger partial charge in [-0.2, -0.15) is 5.26 Å². The van der Waals surface area contributed by atoms with E-state index in [-0.39, 0.29) is 12.4 Å². The first-order valence-electron chi connectivity index (χ1n) is 7.61. The van der Waals surface area contributed by atoms with Crippen LogP contribution in [0.1, 0.15) is 30.2 Å². The Morgan fingerprint density at radius 2 is 2.17 bits per heavy atom. The Balaban J connectivity index is 1.76. The van der Waals surface area contributed by atoms with E-state index in [1.807, 2.05) is 23.6 Å². The molecule has 0 aliphatic heterocycles. The average molecular weight is 342 g/mol. The van der Waals surface area contributed by atoms with E-state index in [1.54, 1.807) is 35.6 Å². The first-order chi connectivity index (χ1) is 11.6. The first-order valence-corrected chi connectivity index (χ1v) is 8.49. The van der Waals surface area contributed by atoms with Gasteiger partial charge in [0.2, 0.25) is 0 Å². The topological polar surface area (TPSA) is 79.2 Å². The van der Waals surface area contributed by atoms with Crippen LogP contribution >= 0.6 is 11.3 Å². The highest BCUT2D eigenvalue weighted by Crippen LogP contribution is 2.13. The van der Waals surface area contributed by atoms with Crippen molar-refractivity contribution in [3.05, 3.63) is 52.2 Å². The third-order valence-corrected chi connectivity index (χ3v) is 4.26. The molecule has 0 saturated heterocycles. The fourth-order valence-electron chi connectivity index (χ4n) is 2.08. The summed E-state index contributed by atoms with van der Waals surface area (Å²) in [6.07, 6.45) is 0.913. The van der Waals surface area contributed by atoms with Crippen molar-refractivity contribution in [2.45, 2.75) is 32.3 Å². The Morgan fingerprint density at radius 3 is 2.88 bits per heavy atom. The molecule has 1 aromatic heterocycles. The van der Waals surface area contributed by atoms with Gasteiger partial charge in [0.05, 0.1) is 11.6 Å². The molecule has 2 aromatic rings. The van der Waals surface area contributed by atoms with Crippen molar-refractivity contribution in [1.29, 1.82) is 5.26 Å². The second kappa shape index (κ2) is 8.85. The van der Waals surface area contributed by atoms with Crippen LogP contribution in [0.5, 0.6) is 0 Å². The molecule has 0 aliphatic rings. The Morgan fingerprint density at radius 1 is 1.33 bits per heavy atom. The maximum atomic E-state index is 12.0. The summed E-state index contributed by atoms with van der Waals surface area (Å²) >= 11 is 1.66. The number of carbonyl (C=O) groups is 2. The molecule has 1 amide bonds. The molecule has 0 aliphatic carbocycles. The van der Waals surface area contributed by atoms with Gasteiger partial charge < -0.3 is 10.1 Å². The molecule has 2 rings (SSSR count). The molecular formula is C18H18N2O3S. The van der Waals surface area contributed by atoms with Gasteiger partial charge in [0.1, 0.15) is 0 Å². The largest absolute Gasteiger partial charge is 0.453 e. The van der Waals surface area contributed by atoms with E-state index in [0.717, 1.165) is 6.42 Å². The van der Waals surface area contributed by atoms with Crippen molar-refractivity contribution in [2.75, 3.05) is 5.32 Å². The van der Waals surface area contributed by atoms with Gasteiger partial charge >= 0.3 is 5.97 Å². The second-order valence-electron chi connectivity index (χ2n) is 5.25. The maximum absolute atomic E-state index is 12.0. The van der Waals surface area contributed by atoms with Crippen LogP contribution < -0.4 is 5.32 Å². The van der Waals surface area contributed by atoms with Gasteiger partial charge in [-0.05, 0) is 49.4 Å². The predicted molar refractivity (Wildman–Crippen MR) is 92.6 cm³/mol. The molecule has 1 aromatic carbocycles. The summed E-state index contributed by atoms with van der Waals surface area (Å²) in [7, 11) is 0. The van der Waals surface area contributed by atoms with Crippen LogP contribution in [0.25, 0.3) is 0 Å². The number of hydrogen-bond acceptors (Lipinski definition) is 5. The summed E-state index contributed by atoms with van der Waals surface area (Å²) in [5.74, 6) is -0.809. The summed E-state index contributed by atoms with van der Waals surface area (Å²) in [5, 5.41) is 13.5. The fourth-order valence-corrected chi connectivity index (χ4v) is 2.83. The standard InChI is InChI=1S/C18H18N2O3S/c1-13(18(22)20-15-6-2-5-14(11-15)12-19)23-17(21)9-3-7-16-8-4-10-24-16/h2,4-6,8,10-11,13H,3,7,9H2,1H3,(H,20,22)/t13-/m0/s1. The normalized spacial score (nSPS) is 11.3. The van der Waals surface area contributed by atoms with Gasteiger partial charge in [0.15, 0.2) is 6.10 Å². The second-order valence-corrected chi connectivity index (χ2v) is 6.28. The summed E-state index contributed by atoms with van der Waals surface area (Å²) in [5.41, 5.74) is 0.950. The summed E-state index contributed by atoms with van der Waals surface area (Å²) in [6.45, 7) is 1.53. The van der Waals surface area contributed by atoms with Crippen molar-refractivity contribution in [3.8, 4) is 6.07 Å². The summed E-state index contributed by atoms with van der Waals surface area (Å²) in [4.78, 5) is 25.1. The first kappa shape index (κ1) is 17.7. The molecular weight excluding hydrogens is 324 g/mol. The number of nitrogens with one attached hydrogen (secondary N) is 1. The summed E-state index contributed by atoms with van der Waals surface area (Å²) in [6, 6.07) is 12.6. The molecule has 1 atom stereocenters. The number of rotatable bonds is 7. The molecule has 0 saturated carbocycles. The maximum Gasteiger partial charge on any atom is 0.306 e. The molecule has 24 heavy (non-hydrogen) atoms. The van der Waals surface area contributed by atoms with Crippen LogP contribution in [-0.4, -0.2) is 18.0 Å². The van der Waals surface area contributed by atoms with E-state index in [2.05, 4.69) is 5.32 Å². The number of nitrogens with zero attached hydrogens (tertiary/aromatic N) is 1. The SMILES string of the molecule is C[C@H](OC(=O)CCCc1cccs1)C(=O)Nc1cccc(C#N)c1. The predicted octanol–water partition coefficient (Wildman–Crippen LogP) is 3.51. The number of esters is 1. The Hall–Kier alpha value is -2.65. The van der Waals surface area contributed by atoms with E-state index >= 15 is 0 Å². The molecule has 0 fully saturated rings. The van der Waals surface area contributed by atoms with Gasteiger partial charge in [-0.15, -0.1) is 11.3 Å². The lowest BCUT2D eigenvalue weighted by atomic mass is 10.2. The molecule has 124 valence electrons. The van der Waals surface area contributed by atoms with E-state index in [1.165, 1.54) is 11.8 Å². The zero-order valence-corrected chi connectivity index (χ0v) is 14.1. The molecule has 0 unspecified atom stereocenters. The van der Waals surface area contributed by atoms with Crippen LogP contribution in [0.3, 0.4) is 0 Å². The van der Waals surface area contributed by atoms with Crippen molar-refractivity contribution >= 4 is 28.9 Å². The fraction of sp³-hybridized carbons (Fsp3) is 0.278. The van der Waals surface area contributed by atoms with E-state index < -0.39 is 12.0 Å². The number of carbonyl (C=O) groups excluding carboxylic acids is 2. The third kappa shape index (κ3) is 5.52. The minimum absolute atomic E-state index is 0.277. The van der Waals surface area contributed by atoms with Crippen molar-refractivity contribution in [1.82, 2.24) is 0 Å². The molecule has 0 bridgehead atoms. The van der Waals surface area contributed by atoms with E-state index in [0.29, 0.717) is 17.7 Å². The van der Waals surface area contributed by atoms with Crippen molar-refractivity contribution in [3.63, 3.8) is 0 Å². The van der Waals surface area contributed by atoms with Crippen LogP contribution in [0, 0.1) is 11.3 Å². The monoisotopic (exact) mass is 342 g/mol. The van der Waals surface area contributed by atoms with Gasteiger partial charge in [-0.3, -0.25) is 9.59 Å². The number of ether oxygens (including phenoxy) is 1. The van der Waals surface area contributed by atoms with Crippen LogP contribution in [0.15, 0.2) is 41.8 Å². The highest BCUT2D eigenvalue weighted by atomic mass is 32.1. The smallest absolute Gasteiger partial charge is 0.306 e. The van der Waals surface area contributed by atoms with E-state index in [4.69, 9.17) is 10.00 Å². The lowest BCUT2D eigenvalue weighted by molar-refractivity contribution is -0.153. The number of hydrogen-bond donors (Lipinski definition) is 1. The Bertz CT molecular complexity index is 735. The molecule has 5 nitrogen and oxygen atoms in total. The molecule has 1 heterocycles. The quantitative estimate of drug-likeness (QED) is 0.781. The number of aryl methyl sites for hydroxylation is 1. The summed E-state index contributed by atoms with van der Waals surface area (Å²) < 4.78 is 5.15. The van der Waals surface area contributed by atoms with E-state index in [9.17, 15) is 9.59 Å². The van der Waals surface area contributed by atoms with Crippen LogP contribution in [-0.2, 0) is 20.7 Å². The highest BCUT2D eigenvalue weighted by molar-refractivity contribution is 7.09. The lowest BCUT2D eigenvalue weighted by Gasteiger charge is -2.13. The highest BCUT2D eigenvalue weighted by Gasteiger charge is 2.17. The molecule has 1 N–H and O–H groups in total. The zero-order valence-electron chi connectivity index (χ0n) is 13.3. The van der Waals surface area contributed by atoms with Gasteiger partial charge in [-0.25, -0.2) is 0 Å². The average Bonchev–Trinajstić information content (AvgIpc) is 3.08. The number of anilines is 1. The van der Waals surface area contributed by atoms with Gasteiger partial charge in [0.25, 0.3) is 5.91 Å².